The molecular formula is C32H52F2N6O. The number of alkyl halides is 2. The number of carbonyl (C=O) groups is 1. The molecule has 0 aromatic heterocycles. The SMILES string of the molecule is C=C(CCN(CNc1cc(C(F)F)c(/C(C)=C/NC)cc1CCCC)C(C)=O)NC1CCN(C2CCNCC2)CC1. The topological polar surface area (TPSA) is 71.7 Å². The second-order valence-electron chi connectivity index (χ2n) is 11.5. The third kappa shape index (κ3) is 9.99. The average Bonchev–Trinajstić information content (AvgIpc) is 2.96. The van der Waals surface area contributed by atoms with Crippen molar-refractivity contribution in [2.45, 2.75) is 90.6 Å². The molecule has 0 bridgehead atoms. The third-order valence-corrected chi connectivity index (χ3v) is 8.45. The molecule has 0 spiro atoms. The number of benzene rings is 1. The van der Waals surface area contributed by atoms with Gasteiger partial charge in [0.15, 0.2) is 0 Å². The molecular weight excluding hydrogens is 522 g/mol. The normalized spacial score (nSPS) is 17.5. The molecule has 4 N–H and O–H groups in total. The van der Waals surface area contributed by atoms with Gasteiger partial charge in [-0.25, -0.2) is 8.78 Å². The Bertz CT molecular complexity index is 1020. The summed E-state index contributed by atoms with van der Waals surface area (Å²) in [7, 11) is 1.76. The summed E-state index contributed by atoms with van der Waals surface area (Å²) in [6, 6.07) is 4.56. The summed E-state index contributed by atoms with van der Waals surface area (Å²) in [5.41, 5.74) is 3.91. The predicted molar refractivity (Wildman–Crippen MR) is 166 cm³/mol. The number of nitrogens with zero attached hydrogens (tertiary/aromatic N) is 2. The maximum atomic E-state index is 14.1. The fourth-order valence-corrected chi connectivity index (χ4v) is 5.96. The first-order chi connectivity index (χ1) is 19.7. The Balaban J connectivity index is 1.57. The number of hydrogen-bond acceptors (Lipinski definition) is 6. The highest BCUT2D eigenvalue weighted by atomic mass is 19.3. The van der Waals surface area contributed by atoms with E-state index in [4.69, 9.17) is 0 Å². The van der Waals surface area contributed by atoms with Gasteiger partial charge in [0.05, 0.1) is 6.67 Å². The molecule has 2 aliphatic rings. The van der Waals surface area contributed by atoms with Crippen molar-refractivity contribution < 1.29 is 13.6 Å². The van der Waals surface area contributed by atoms with Crippen LogP contribution in [-0.4, -0.2) is 74.2 Å². The number of aryl methyl sites for hydroxylation is 1. The molecule has 2 heterocycles. The van der Waals surface area contributed by atoms with Crippen molar-refractivity contribution >= 4 is 17.2 Å². The molecule has 0 saturated carbocycles. The minimum atomic E-state index is -2.60. The minimum absolute atomic E-state index is 0.00472. The predicted octanol–water partition coefficient (Wildman–Crippen LogP) is 5.47. The molecule has 41 heavy (non-hydrogen) atoms. The van der Waals surface area contributed by atoms with Crippen molar-refractivity contribution in [1.82, 2.24) is 25.8 Å². The molecule has 0 radical (unpaired) electrons. The Morgan fingerprint density at radius 3 is 2.51 bits per heavy atom. The van der Waals surface area contributed by atoms with E-state index in [1.54, 1.807) is 31.1 Å². The first kappa shape index (κ1) is 32.9. The Hall–Kier alpha value is -2.65. The van der Waals surface area contributed by atoms with Gasteiger partial charge in [-0.15, -0.1) is 0 Å². The average molecular weight is 575 g/mol. The van der Waals surface area contributed by atoms with Gasteiger partial charge in [-0.1, -0.05) is 19.9 Å². The van der Waals surface area contributed by atoms with Gasteiger partial charge in [-0.3, -0.25) is 4.79 Å². The summed E-state index contributed by atoms with van der Waals surface area (Å²) in [6.45, 7) is 15.0. The molecule has 1 aromatic rings. The van der Waals surface area contributed by atoms with E-state index in [0.717, 1.165) is 75.1 Å². The van der Waals surface area contributed by atoms with E-state index in [2.05, 4.69) is 39.7 Å². The van der Waals surface area contributed by atoms with E-state index >= 15 is 0 Å². The number of piperidine rings is 2. The van der Waals surface area contributed by atoms with Crippen LogP contribution in [0.2, 0.25) is 0 Å². The number of carbonyl (C=O) groups excluding carboxylic acids is 1. The van der Waals surface area contributed by atoms with E-state index in [0.29, 0.717) is 36.3 Å². The second-order valence-corrected chi connectivity index (χ2v) is 11.5. The van der Waals surface area contributed by atoms with Crippen LogP contribution in [0.15, 0.2) is 30.6 Å². The van der Waals surface area contributed by atoms with E-state index in [9.17, 15) is 13.6 Å². The highest BCUT2D eigenvalue weighted by Gasteiger charge is 2.26. The van der Waals surface area contributed by atoms with E-state index < -0.39 is 6.43 Å². The van der Waals surface area contributed by atoms with Crippen LogP contribution in [-0.2, 0) is 11.2 Å². The zero-order valence-electron chi connectivity index (χ0n) is 25.6. The Morgan fingerprint density at radius 1 is 1.20 bits per heavy atom. The molecule has 0 unspecified atom stereocenters. The molecule has 2 fully saturated rings. The van der Waals surface area contributed by atoms with Crippen LogP contribution in [0.4, 0.5) is 14.5 Å². The van der Waals surface area contributed by atoms with Crippen molar-refractivity contribution in [1.29, 1.82) is 0 Å². The Labute approximate surface area is 246 Å². The smallest absolute Gasteiger partial charge is 0.264 e. The van der Waals surface area contributed by atoms with Gasteiger partial charge in [0, 0.05) is 69.1 Å². The molecule has 1 amide bonds. The first-order valence-electron chi connectivity index (χ1n) is 15.4. The first-order valence-corrected chi connectivity index (χ1v) is 15.4. The molecule has 3 rings (SSSR count). The number of hydrogen-bond donors (Lipinski definition) is 4. The summed E-state index contributed by atoms with van der Waals surface area (Å²) in [6.07, 6.45) is 7.20. The summed E-state index contributed by atoms with van der Waals surface area (Å²) in [4.78, 5) is 16.9. The summed E-state index contributed by atoms with van der Waals surface area (Å²) in [5.74, 6) is -0.0609. The molecule has 0 aliphatic carbocycles. The number of rotatable bonds is 15. The molecule has 2 saturated heterocycles. The fraction of sp³-hybridized carbons (Fsp3) is 0.656. The van der Waals surface area contributed by atoms with Crippen LogP contribution in [0.5, 0.6) is 0 Å². The molecule has 7 nitrogen and oxygen atoms in total. The number of nitrogens with one attached hydrogen (secondary N) is 4. The number of unbranched alkanes of at least 4 members (excludes halogenated alkanes) is 1. The van der Waals surface area contributed by atoms with Crippen LogP contribution < -0.4 is 21.3 Å². The maximum Gasteiger partial charge on any atom is 0.264 e. The van der Waals surface area contributed by atoms with Crippen molar-refractivity contribution in [3.63, 3.8) is 0 Å². The minimum Gasteiger partial charge on any atom is -0.394 e. The van der Waals surface area contributed by atoms with Gasteiger partial charge in [0.1, 0.15) is 0 Å². The maximum absolute atomic E-state index is 14.1. The molecule has 230 valence electrons. The van der Waals surface area contributed by atoms with Crippen LogP contribution in [0, 0.1) is 0 Å². The van der Waals surface area contributed by atoms with Crippen molar-refractivity contribution in [3.05, 3.63) is 47.3 Å². The fourth-order valence-electron chi connectivity index (χ4n) is 5.96. The molecule has 9 heteroatoms. The van der Waals surface area contributed by atoms with Crippen LogP contribution in [0.25, 0.3) is 5.57 Å². The van der Waals surface area contributed by atoms with Crippen molar-refractivity contribution in [3.8, 4) is 0 Å². The van der Waals surface area contributed by atoms with Crippen molar-refractivity contribution in [2.75, 3.05) is 51.8 Å². The zero-order valence-corrected chi connectivity index (χ0v) is 25.6. The summed E-state index contributed by atoms with van der Waals surface area (Å²) < 4.78 is 28.2. The van der Waals surface area contributed by atoms with E-state index in [-0.39, 0.29) is 18.1 Å². The van der Waals surface area contributed by atoms with Crippen LogP contribution in [0.1, 0.15) is 88.8 Å². The van der Waals surface area contributed by atoms with Crippen molar-refractivity contribution in [2.24, 2.45) is 0 Å². The van der Waals surface area contributed by atoms with Gasteiger partial charge in [-0.2, -0.15) is 0 Å². The Morgan fingerprint density at radius 2 is 1.90 bits per heavy atom. The molecule has 2 aliphatic heterocycles. The lowest BCUT2D eigenvalue weighted by atomic mass is 9.95. The zero-order chi connectivity index (χ0) is 29.8. The van der Waals surface area contributed by atoms with Crippen LogP contribution in [0.3, 0.4) is 0 Å². The standard InChI is InChI=1S/C32H52F2N6O/c1-6-7-8-26-19-29(23(2)21-35-5)30(32(33)34)20-31(26)37-22-40(25(4)41)16-11-24(3)38-27-12-17-39(18-13-27)28-9-14-36-15-10-28/h19-21,27-28,32,35-38H,3,6-18,22H2,1-2,4-5H3/b23-21+. The lowest BCUT2D eigenvalue weighted by Gasteiger charge is -2.40. The third-order valence-electron chi connectivity index (χ3n) is 8.45. The van der Waals surface area contributed by atoms with Gasteiger partial charge in [0.25, 0.3) is 6.43 Å². The van der Waals surface area contributed by atoms with Gasteiger partial charge in [-0.05, 0) is 93.6 Å². The number of amides is 1. The highest BCUT2D eigenvalue weighted by Crippen LogP contribution is 2.34. The number of allylic oxidation sites excluding steroid dienone is 1. The lowest BCUT2D eigenvalue weighted by molar-refractivity contribution is -0.128. The largest absolute Gasteiger partial charge is 0.394 e. The number of likely N-dealkylation sites (tertiary alicyclic amines) is 1. The number of halogens is 2. The lowest BCUT2D eigenvalue weighted by Crippen LogP contribution is -2.49. The monoisotopic (exact) mass is 574 g/mol. The quantitative estimate of drug-likeness (QED) is 0.208. The highest BCUT2D eigenvalue weighted by molar-refractivity contribution is 5.74. The summed E-state index contributed by atoms with van der Waals surface area (Å²) in [5, 5.41) is 13.3. The van der Waals surface area contributed by atoms with E-state index in [1.165, 1.54) is 12.8 Å². The molecule has 1 aromatic carbocycles. The molecule has 0 atom stereocenters. The second kappa shape index (κ2) is 16.7. The van der Waals surface area contributed by atoms with Gasteiger partial charge >= 0.3 is 0 Å². The number of anilines is 1. The van der Waals surface area contributed by atoms with Crippen LogP contribution >= 0.6 is 0 Å². The van der Waals surface area contributed by atoms with Gasteiger partial charge in [0.2, 0.25) is 5.91 Å². The Kier molecular flexibility index (Phi) is 13.4. The van der Waals surface area contributed by atoms with Gasteiger partial charge < -0.3 is 31.1 Å². The summed E-state index contributed by atoms with van der Waals surface area (Å²) >= 11 is 0. The van der Waals surface area contributed by atoms with E-state index in [1.807, 2.05) is 13.0 Å².